The van der Waals surface area contributed by atoms with Crippen LogP contribution in [0.5, 0.6) is 11.5 Å². The summed E-state index contributed by atoms with van der Waals surface area (Å²) >= 11 is 8.70. The fourth-order valence-corrected chi connectivity index (χ4v) is 2.10. The fourth-order valence-electron chi connectivity index (χ4n) is 1.56. The highest BCUT2D eigenvalue weighted by Gasteiger charge is 2.21. The van der Waals surface area contributed by atoms with E-state index in [-0.39, 0.29) is 26.6 Å². The van der Waals surface area contributed by atoms with Crippen LogP contribution in [-0.4, -0.2) is 4.92 Å². The van der Waals surface area contributed by atoms with Crippen molar-refractivity contribution >= 4 is 33.2 Å². The van der Waals surface area contributed by atoms with Crippen LogP contribution in [0.4, 0.5) is 10.1 Å². The standard InChI is InChI=1S/C13H5BrClFN2O3/c14-8-4-11(18(19)20)13(5-10(8)16)21-12-3-1-2-9(15)7(12)6-17/h1-5H. The van der Waals surface area contributed by atoms with E-state index in [0.29, 0.717) is 0 Å². The first kappa shape index (κ1) is 15.2. The molecule has 0 heterocycles. The Morgan fingerprint density at radius 2 is 2.10 bits per heavy atom. The van der Waals surface area contributed by atoms with Crippen LogP contribution in [-0.2, 0) is 0 Å². The molecule has 0 bridgehead atoms. The lowest BCUT2D eigenvalue weighted by atomic mass is 10.2. The molecule has 0 aliphatic heterocycles. The SMILES string of the molecule is N#Cc1c(Cl)cccc1Oc1cc(F)c(Br)cc1[N+](=O)[O-]. The normalized spacial score (nSPS) is 10.0. The third-order valence-electron chi connectivity index (χ3n) is 2.51. The number of nitro groups is 1. The summed E-state index contributed by atoms with van der Waals surface area (Å²) in [5.74, 6) is -1.04. The summed E-state index contributed by atoms with van der Waals surface area (Å²) < 4.78 is 18.8. The lowest BCUT2D eigenvalue weighted by Crippen LogP contribution is -1.96. The Kier molecular flexibility index (Phi) is 4.40. The molecule has 0 atom stereocenters. The minimum Gasteiger partial charge on any atom is -0.449 e. The van der Waals surface area contributed by atoms with Gasteiger partial charge in [-0.1, -0.05) is 17.7 Å². The molecule has 21 heavy (non-hydrogen) atoms. The lowest BCUT2D eigenvalue weighted by Gasteiger charge is -2.09. The van der Waals surface area contributed by atoms with Gasteiger partial charge in [0.05, 0.1) is 14.4 Å². The maximum absolute atomic E-state index is 13.5. The molecule has 2 aromatic rings. The lowest BCUT2D eigenvalue weighted by molar-refractivity contribution is -0.385. The highest BCUT2D eigenvalue weighted by Crippen LogP contribution is 2.37. The van der Waals surface area contributed by atoms with Crippen molar-refractivity contribution in [3.63, 3.8) is 0 Å². The second-order valence-corrected chi connectivity index (χ2v) is 5.08. The highest BCUT2D eigenvalue weighted by molar-refractivity contribution is 9.10. The van der Waals surface area contributed by atoms with Crippen LogP contribution in [0.2, 0.25) is 5.02 Å². The highest BCUT2D eigenvalue weighted by atomic mass is 79.9. The van der Waals surface area contributed by atoms with E-state index in [1.54, 1.807) is 0 Å². The van der Waals surface area contributed by atoms with E-state index in [0.717, 1.165) is 12.1 Å². The molecule has 2 aromatic carbocycles. The summed E-state index contributed by atoms with van der Waals surface area (Å²) in [6.45, 7) is 0. The predicted molar refractivity (Wildman–Crippen MR) is 77.0 cm³/mol. The van der Waals surface area contributed by atoms with Gasteiger partial charge in [0.25, 0.3) is 0 Å². The topological polar surface area (TPSA) is 76.2 Å². The van der Waals surface area contributed by atoms with Crippen LogP contribution in [0.1, 0.15) is 5.56 Å². The van der Waals surface area contributed by atoms with E-state index in [9.17, 15) is 14.5 Å². The Balaban J connectivity index is 2.55. The third kappa shape index (κ3) is 3.12. The Hall–Kier alpha value is -2.17. The molecule has 0 saturated carbocycles. The number of ether oxygens (including phenoxy) is 1. The zero-order valence-corrected chi connectivity index (χ0v) is 12.5. The van der Waals surface area contributed by atoms with Gasteiger partial charge >= 0.3 is 5.69 Å². The molecule has 0 N–H and O–H groups in total. The van der Waals surface area contributed by atoms with E-state index in [1.807, 2.05) is 6.07 Å². The molecule has 0 aromatic heterocycles. The summed E-state index contributed by atoms with van der Waals surface area (Å²) in [4.78, 5) is 10.3. The van der Waals surface area contributed by atoms with Gasteiger partial charge in [-0.2, -0.15) is 5.26 Å². The molecule has 8 heteroatoms. The monoisotopic (exact) mass is 370 g/mol. The summed E-state index contributed by atoms with van der Waals surface area (Å²) in [5, 5.41) is 20.1. The Labute approximate surface area is 131 Å². The number of nitriles is 1. The van der Waals surface area contributed by atoms with Crippen molar-refractivity contribution in [1.29, 1.82) is 5.26 Å². The minimum absolute atomic E-state index is 0.00909. The number of halogens is 3. The van der Waals surface area contributed by atoms with Gasteiger partial charge in [-0.15, -0.1) is 0 Å². The number of benzene rings is 2. The largest absolute Gasteiger partial charge is 0.449 e. The molecule has 0 fully saturated rings. The smallest absolute Gasteiger partial charge is 0.312 e. The van der Waals surface area contributed by atoms with Crippen LogP contribution in [0.25, 0.3) is 0 Å². The van der Waals surface area contributed by atoms with Crippen LogP contribution >= 0.6 is 27.5 Å². The van der Waals surface area contributed by atoms with Crippen molar-refractivity contribution in [2.24, 2.45) is 0 Å². The van der Waals surface area contributed by atoms with E-state index in [2.05, 4.69) is 15.9 Å². The van der Waals surface area contributed by atoms with Crippen molar-refractivity contribution in [3.8, 4) is 17.6 Å². The molecule has 0 aliphatic carbocycles. The van der Waals surface area contributed by atoms with Crippen molar-refractivity contribution in [2.45, 2.75) is 0 Å². The average molecular weight is 372 g/mol. The molecule has 0 spiro atoms. The number of nitro benzene ring substituents is 1. The van der Waals surface area contributed by atoms with Crippen LogP contribution < -0.4 is 4.74 Å². The van der Waals surface area contributed by atoms with E-state index < -0.39 is 16.4 Å². The fraction of sp³-hybridized carbons (Fsp3) is 0. The second kappa shape index (κ2) is 6.08. The van der Waals surface area contributed by atoms with Crippen molar-refractivity contribution in [3.05, 3.63) is 61.3 Å². The molecule has 0 amide bonds. The minimum atomic E-state index is -0.726. The summed E-state index contributed by atoms with van der Waals surface area (Å²) in [5.41, 5.74) is -0.427. The second-order valence-electron chi connectivity index (χ2n) is 3.82. The molecule has 0 aliphatic rings. The molecule has 106 valence electrons. The average Bonchev–Trinajstić information content (AvgIpc) is 2.42. The first-order valence-electron chi connectivity index (χ1n) is 5.44. The molecule has 0 radical (unpaired) electrons. The van der Waals surface area contributed by atoms with Gasteiger partial charge in [0.15, 0.2) is 0 Å². The Morgan fingerprint density at radius 1 is 1.38 bits per heavy atom. The molecule has 2 rings (SSSR count). The zero-order valence-electron chi connectivity index (χ0n) is 10.1. The number of hydrogen-bond acceptors (Lipinski definition) is 4. The maximum Gasteiger partial charge on any atom is 0.312 e. The Bertz CT molecular complexity index is 777. The van der Waals surface area contributed by atoms with Gasteiger partial charge in [-0.3, -0.25) is 10.1 Å². The van der Waals surface area contributed by atoms with E-state index >= 15 is 0 Å². The number of rotatable bonds is 3. The van der Waals surface area contributed by atoms with Gasteiger partial charge in [0, 0.05) is 12.1 Å². The molecule has 0 saturated heterocycles. The van der Waals surface area contributed by atoms with E-state index in [1.165, 1.54) is 18.2 Å². The van der Waals surface area contributed by atoms with Gasteiger partial charge in [-0.05, 0) is 28.1 Å². The molecule has 0 unspecified atom stereocenters. The van der Waals surface area contributed by atoms with Crippen molar-refractivity contribution < 1.29 is 14.1 Å². The van der Waals surface area contributed by atoms with Crippen molar-refractivity contribution in [2.75, 3.05) is 0 Å². The third-order valence-corrected chi connectivity index (χ3v) is 3.43. The first-order valence-corrected chi connectivity index (χ1v) is 6.61. The Morgan fingerprint density at radius 3 is 2.71 bits per heavy atom. The van der Waals surface area contributed by atoms with Gasteiger partial charge in [0.1, 0.15) is 23.2 Å². The van der Waals surface area contributed by atoms with Gasteiger partial charge < -0.3 is 4.74 Å². The van der Waals surface area contributed by atoms with Crippen LogP contribution in [0, 0.1) is 27.3 Å². The maximum atomic E-state index is 13.5. The first-order chi connectivity index (χ1) is 9.93. The zero-order chi connectivity index (χ0) is 15.6. The quantitative estimate of drug-likeness (QED) is 0.573. The van der Waals surface area contributed by atoms with Gasteiger partial charge in [-0.25, -0.2) is 4.39 Å². The molecular formula is C13H5BrClFN2O3. The molecule has 5 nitrogen and oxygen atoms in total. The van der Waals surface area contributed by atoms with Gasteiger partial charge in [0.2, 0.25) is 5.75 Å². The molecular weight excluding hydrogens is 367 g/mol. The number of hydrogen-bond donors (Lipinski definition) is 0. The van der Waals surface area contributed by atoms with E-state index in [4.69, 9.17) is 21.6 Å². The summed E-state index contributed by atoms with van der Waals surface area (Å²) in [6.07, 6.45) is 0. The van der Waals surface area contributed by atoms with Crippen molar-refractivity contribution in [1.82, 2.24) is 0 Å². The number of nitrogens with zero attached hydrogens (tertiary/aromatic N) is 2. The summed E-state index contributed by atoms with van der Waals surface area (Å²) in [6, 6.07) is 8.08. The van der Waals surface area contributed by atoms with Crippen LogP contribution in [0.15, 0.2) is 34.8 Å². The predicted octanol–water partition coefficient (Wildman–Crippen LogP) is 4.81. The van der Waals surface area contributed by atoms with Crippen LogP contribution in [0.3, 0.4) is 0 Å². The summed E-state index contributed by atoms with van der Waals surface area (Å²) in [7, 11) is 0.